The Bertz CT molecular complexity index is 764. The van der Waals surface area contributed by atoms with Crippen LogP contribution < -0.4 is 0 Å². The minimum Gasteiger partial charge on any atom is -0.439 e. The number of rotatable bonds is 3. The maximum atomic E-state index is 11.8. The van der Waals surface area contributed by atoms with Crippen molar-refractivity contribution in [1.82, 2.24) is 4.98 Å². The molecule has 3 rings (SSSR count). The summed E-state index contributed by atoms with van der Waals surface area (Å²) in [6, 6.07) is 7.53. The van der Waals surface area contributed by atoms with Gasteiger partial charge in [0.25, 0.3) is 5.91 Å². The molecule has 1 aliphatic heterocycles. The van der Waals surface area contributed by atoms with E-state index in [0.29, 0.717) is 11.6 Å². The fourth-order valence-electron chi connectivity index (χ4n) is 2.22. The number of carbonyl (C=O) groups excluding carboxylic acids is 1. The molecule has 0 atom stereocenters. The second-order valence-electron chi connectivity index (χ2n) is 4.80. The Balaban J connectivity index is 1.85. The normalized spacial score (nSPS) is 17.2. The molecule has 0 radical (unpaired) electrons. The quantitative estimate of drug-likeness (QED) is 0.868. The first-order valence-corrected chi connectivity index (χ1v) is 6.87. The van der Waals surface area contributed by atoms with Gasteiger partial charge in [-0.05, 0) is 37.1 Å². The molecule has 1 aromatic carbocycles. The van der Waals surface area contributed by atoms with Crippen molar-refractivity contribution in [3.05, 3.63) is 41.8 Å². The highest BCUT2D eigenvalue weighted by atomic mass is 16.3. The number of aliphatic imine (C=N–C) groups is 2. The van der Waals surface area contributed by atoms with Crippen LogP contribution in [0.4, 0.5) is 0 Å². The predicted octanol–water partition coefficient (Wildman–Crippen LogP) is 3.11. The van der Waals surface area contributed by atoms with Crippen LogP contribution in [-0.4, -0.2) is 22.3 Å². The molecule has 0 saturated carbocycles. The summed E-state index contributed by atoms with van der Waals surface area (Å²) in [5.74, 6) is 0.190. The van der Waals surface area contributed by atoms with Gasteiger partial charge in [0.2, 0.25) is 5.89 Å². The summed E-state index contributed by atoms with van der Waals surface area (Å²) in [4.78, 5) is 24.5. The molecule has 0 unspecified atom stereocenters. The molecule has 5 nitrogen and oxygen atoms in total. The van der Waals surface area contributed by atoms with Crippen molar-refractivity contribution in [2.45, 2.75) is 26.8 Å². The summed E-state index contributed by atoms with van der Waals surface area (Å²) in [6.45, 7) is 4.10. The molecule has 1 amide bonds. The second kappa shape index (κ2) is 5.44. The van der Waals surface area contributed by atoms with Crippen LogP contribution >= 0.6 is 0 Å². The first-order valence-electron chi connectivity index (χ1n) is 6.87. The first kappa shape index (κ1) is 13.4. The van der Waals surface area contributed by atoms with Crippen molar-refractivity contribution >= 4 is 28.4 Å². The maximum absolute atomic E-state index is 11.8. The molecule has 0 saturated heterocycles. The van der Waals surface area contributed by atoms with Gasteiger partial charge in [-0.2, -0.15) is 0 Å². The topological polar surface area (TPSA) is 67.8 Å². The molecule has 2 heterocycles. The number of allylic oxidation sites excluding steroid dienone is 1. The van der Waals surface area contributed by atoms with Crippen LogP contribution in [-0.2, 0) is 11.3 Å². The van der Waals surface area contributed by atoms with Crippen molar-refractivity contribution in [2.24, 2.45) is 9.98 Å². The molecule has 5 heteroatoms. The van der Waals surface area contributed by atoms with Crippen LogP contribution in [0, 0.1) is 0 Å². The van der Waals surface area contributed by atoms with Crippen molar-refractivity contribution in [2.75, 3.05) is 0 Å². The highest BCUT2D eigenvalue weighted by Gasteiger charge is 2.16. The van der Waals surface area contributed by atoms with Gasteiger partial charge in [0.05, 0.1) is 0 Å². The molecular formula is C16H15N3O2. The Morgan fingerprint density at radius 1 is 1.29 bits per heavy atom. The van der Waals surface area contributed by atoms with Gasteiger partial charge in [-0.1, -0.05) is 19.1 Å². The van der Waals surface area contributed by atoms with Crippen LogP contribution in [0.15, 0.2) is 50.3 Å². The largest absolute Gasteiger partial charge is 0.439 e. The van der Waals surface area contributed by atoms with Crippen LogP contribution in [0.25, 0.3) is 11.1 Å². The van der Waals surface area contributed by atoms with E-state index in [4.69, 9.17) is 4.42 Å². The molecule has 21 heavy (non-hydrogen) atoms. The zero-order valence-electron chi connectivity index (χ0n) is 12.0. The summed E-state index contributed by atoms with van der Waals surface area (Å²) in [5.41, 5.74) is 3.68. The minimum absolute atomic E-state index is 0.234. The fraction of sp³-hybridized carbons (Fsp3) is 0.250. The van der Waals surface area contributed by atoms with E-state index in [1.54, 1.807) is 6.08 Å². The molecule has 0 spiro atoms. The van der Waals surface area contributed by atoms with Gasteiger partial charge in [-0.3, -0.25) is 9.79 Å². The van der Waals surface area contributed by atoms with Crippen LogP contribution in [0.5, 0.6) is 0 Å². The van der Waals surface area contributed by atoms with E-state index in [9.17, 15) is 4.79 Å². The molecule has 0 bridgehead atoms. The number of nitrogens with zero attached hydrogens (tertiary/aromatic N) is 3. The highest BCUT2D eigenvalue weighted by molar-refractivity contribution is 6.47. The average Bonchev–Trinajstić information content (AvgIpc) is 2.89. The van der Waals surface area contributed by atoms with E-state index in [1.807, 2.05) is 38.1 Å². The summed E-state index contributed by atoms with van der Waals surface area (Å²) in [5, 5.41) is 0. The lowest BCUT2D eigenvalue weighted by Gasteiger charge is -2.09. The fourth-order valence-corrected chi connectivity index (χ4v) is 2.22. The highest BCUT2D eigenvalue weighted by Crippen LogP contribution is 2.16. The SMILES string of the molecule is CCC1=CC(=NCc2nc3ccccc3o2)C(=O)N=C1C. The lowest BCUT2D eigenvalue weighted by atomic mass is 10.0. The van der Waals surface area contributed by atoms with E-state index in [1.165, 1.54) is 0 Å². The third-order valence-corrected chi connectivity index (χ3v) is 3.37. The minimum atomic E-state index is -0.305. The molecule has 0 fully saturated rings. The Hall–Kier alpha value is -2.56. The number of para-hydroxylation sites is 2. The summed E-state index contributed by atoms with van der Waals surface area (Å²) >= 11 is 0. The van der Waals surface area contributed by atoms with Gasteiger partial charge < -0.3 is 4.42 Å². The Labute approximate surface area is 122 Å². The molecule has 0 aliphatic carbocycles. The number of hydrogen-bond acceptors (Lipinski definition) is 4. The lowest BCUT2D eigenvalue weighted by molar-refractivity contribution is -0.111. The number of fused-ring (bicyclic) bond motifs is 1. The number of dihydropyridines is 1. The Morgan fingerprint density at radius 2 is 2.10 bits per heavy atom. The second-order valence-corrected chi connectivity index (χ2v) is 4.80. The zero-order chi connectivity index (χ0) is 14.8. The van der Waals surface area contributed by atoms with Crippen molar-refractivity contribution in [3.8, 4) is 0 Å². The van der Waals surface area contributed by atoms with E-state index >= 15 is 0 Å². The number of amides is 1. The summed E-state index contributed by atoms with van der Waals surface area (Å²) < 4.78 is 5.58. The van der Waals surface area contributed by atoms with Gasteiger partial charge in [-0.15, -0.1) is 0 Å². The summed E-state index contributed by atoms with van der Waals surface area (Å²) in [6.07, 6.45) is 2.62. The van der Waals surface area contributed by atoms with Gasteiger partial charge in [0.15, 0.2) is 5.58 Å². The number of hydrogen-bond donors (Lipinski definition) is 0. The molecular weight excluding hydrogens is 266 g/mol. The maximum Gasteiger partial charge on any atom is 0.295 e. The zero-order valence-corrected chi connectivity index (χ0v) is 12.0. The lowest BCUT2D eigenvalue weighted by Crippen LogP contribution is -2.18. The van der Waals surface area contributed by atoms with Crippen molar-refractivity contribution in [1.29, 1.82) is 0 Å². The van der Waals surface area contributed by atoms with E-state index in [0.717, 1.165) is 28.8 Å². The van der Waals surface area contributed by atoms with Crippen LogP contribution in [0.2, 0.25) is 0 Å². The van der Waals surface area contributed by atoms with Crippen molar-refractivity contribution in [3.63, 3.8) is 0 Å². The number of oxazole rings is 1. The van der Waals surface area contributed by atoms with Gasteiger partial charge in [0, 0.05) is 5.71 Å². The van der Waals surface area contributed by atoms with Gasteiger partial charge >= 0.3 is 0 Å². The first-order chi connectivity index (χ1) is 10.2. The van der Waals surface area contributed by atoms with Crippen LogP contribution in [0.1, 0.15) is 26.2 Å². The molecule has 1 aliphatic rings. The Morgan fingerprint density at radius 3 is 2.86 bits per heavy atom. The number of benzene rings is 1. The monoisotopic (exact) mass is 281 g/mol. The third-order valence-electron chi connectivity index (χ3n) is 3.37. The summed E-state index contributed by atoms with van der Waals surface area (Å²) in [7, 11) is 0. The van der Waals surface area contributed by atoms with Gasteiger partial charge in [-0.25, -0.2) is 9.98 Å². The molecule has 0 N–H and O–H groups in total. The standard InChI is InChI=1S/C16H15N3O2/c1-3-11-8-13(16(20)18-10(11)2)17-9-15-19-12-6-4-5-7-14(12)21-15/h4-8H,3,9H2,1-2H3. The molecule has 1 aromatic heterocycles. The van der Waals surface area contributed by atoms with Crippen LogP contribution in [0.3, 0.4) is 0 Å². The van der Waals surface area contributed by atoms with E-state index < -0.39 is 0 Å². The van der Waals surface area contributed by atoms with E-state index in [-0.39, 0.29) is 12.5 Å². The Kier molecular flexibility index (Phi) is 3.48. The van der Waals surface area contributed by atoms with Gasteiger partial charge in [0.1, 0.15) is 17.8 Å². The average molecular weight is 281 g/mol. The van der Waals surface area contributed by atoms with E-state index in [2.05, 4.69) is 15.0 Å². The molecule has 2 aromatic rings. The molecule has 106 valence electrons. The third kappa shape index (κ3) is 2.67. The number of aromatic nitrogens is 1. The predicted molar refractivity (Wildman–Crippen MR) is 81.6 cm³/mol. The smallest absolute Gasteiger partial charge is 0.295 e. The number of carbonyl (C=O) groups is 1. The van der Waals surface area contributed by atoms with Crippen molar-refractivity contribution < 1.29 is 9.21 Å².